The molecule has 0 radical (unpaired) electrons. The summed E-state index contributed by atoms with van der Waals surface area (Å²) in [6, 6.07) is 10.3. The molecule has 2 aromatic rings. The van der Waals surface area contributed by atoms with Crippen molar-refractivity contribution in [2.45, 2.75) is 6.04 Å². The summed E-state index contributed by atoms with van der Waals surface area (Å²) in [7, 11) is 1.55. The molecule has 0 aliphatic heterocycles. The van der Waals surface area contributed by atoms with Crippen molar-refractivity contribution in [3.63, 3.8) is 0 Å². The van der Waals surface area contributed by atoms with Crippen molar-refractivity contribution >= 4 is 23.2 Å². The topological polar surface area (TPSA) is 64.3 Å². The molecule has 1 atom stereocenters. The zero-order chi connectivity index (χ0) is 15.4. The molecule has 1 unspecified atom stereocenters. The number of amides is 1. The fourth-order valence-electron chi connectivity index (χ4n) is 1.89. The predicted molar refractivity (Wildman–Crippen MR) is 80.0 cm³/mol. The maximum absolute atomic E-state index is 13.2. The Kier molecular flexibility index (Phi) is 4.65. The first-order chi connectivity index (χ1) is 10.0. The Bertz CT molecular complexity index is 664. The highest BCUT2D eigenvalue weighted by atomic mass is 35.5. The number of nitrogens with one attached hydrogen (secondary N) is 1. The molecule has 0 saturated carbocycles. The number of nitrogens with two attached hydrogens (primary N) is 1. The molecule has 0 saturated heterocycles. The van der Waals surface area contributed by atoms with E-state index in [1.54, 1.807) is 31.4 Å². The van der Waals surface area contributed by atoms with Gasteiger partial charge in [0, 0.05) is 11.8 Å². The van der Waals surface area contributed by atoms with E-state index in [0.29, 0.717) is 17.0 Å². The summed E-state index contributed by atoms with van der Waals surface area (Å²) in [5.74, 6) is -0.508. The summed E-state index contributed by atoms with van der Waals surface area (Å²) in [5, 5.41) is 2.92. The smallest absolute Gasteiger partial charge is 0.244 e. The third-order valence-electron chi connectivity index (χ3n) is 2.94. The number of carbonyl (C=O) groups is 1. The van der Waals surface area contributed by atoms with Gasteiger partial charge in [0.1, 0.15) is 17.6 Å². The molecule has 0 aliphatic carbocycles. The van der Waals surface area contributed by atoms with Gasteiger partial charge in [0.2, 0.25) is 5.91 Å². The number of primary amides is 1. The second-order valence-electron chi connectivity index (χ2n) is 4.39. The van der Waals surface area contributed by atoms with Gasteiger partial charge in [-0.05, 0) is 29.8 Å². The molecule has 3 N–H and O–H groups in total. The molecular formula is C15H14ClFN2O2. The van der Waals surface area contributed by atoms with Crippen molar-refractivity contribution in [3.05, 3.63) is 58.9 Å². The van der Waals surface area contributed by atoms with Crippen molar-refractivity contribution in [2.24, 2.45) is 5.73 Å². The summed E-state index contributed by atoms with van der Waals surface area (Å²) >= 11 is 5.74. The third kappa shape index (κ3) is 3.64. The van der Waals surface area contributed by atoms with E-state index < -0.39 is 17.8 Å². The molecule has 2 aromatic carbocycles. The van der Waals surface area contributed by atoms with Crippen LogP contribution in [-0.2, 0) is 4.79 Å². The number of methoxy groups -OCH3 is 1. The molecule has 110 valence electrons. The molecular weight excluding hydrogens is 295 g/mol. The number of halogens is 2. The Balaban J connectivity index is 2.30. The quantitative estimate of drug-likeness (QED) is 0.892. The number of anilines is 1. The Labute approximate surface area is 126 Å². The molecule has 2 rings (SSSR count). The molecule has 6 heteroatoms. The summed E-state index contributed by atoms with van der Waals surface area (Å²) in [5.41, 5.74) is 6.54. The first kappa shape index (κ1) is 15.1. The van der Waals surface area contributed by atoms with Crippen molar-refractivity contribution in [1.29, 1.82) is 0 Å². The molecule has 0 aromatic heterocycles. The van der Waals surface area contributed by atoms with Crippen LogP contribution in [0.1, 0.15) is 11.6 Å². The van der Waals surface area contributed by atoms with Crippen LogP contribution in [-0.4, -0.2) is 13.0 Å². The van der Waals surface area contributed by atoms with Crippen LogP contribution >= 0.6 is 11.6 Å². The SMILES string of the molecule is COc1cccc(NC(C(N)=O)c2ccc(F)c(Cl)c2)c1. The van der Waals surface area contributed by atoms with Crippen molar-refractivity contribution < 1.29 is 13.9 Å². The largest absolute Gasteiger partial charge is 0.497 e. The first-order valence-electron chi connectivity index (χ1n) is 6.16. The monoisotopic (exact) mass is 308 g/mol. The average Bonchev–Trinajstić information content (AvgIpc) is 2.47. The fraction of sp³-hybridized carbons (Fsp3) is 0.133. The second-order valence-corrected chi connectivity index (χ2v) is 4.79. The third-order valence-corrected chi connectivity index (χ3v) is 3.23. The summed E-state index contributed by atoms with van der Waals surface area (Å²) in [6.07, 6.45) is 0. The van der Waals surface area contributed by atoms with Crippen LogP contribution in [0, 0.1) is 5.82 Å². The van der Waals surface area contributed by atoms with Crippen molar-refractivity contribution in [1.82, 2.24) is 0 Å². The minimum absolute atomic E-state index is 0.0637. The van der Waals surface area contributed by atoms with E-state index >= 15 is 0 Å². The highest BCUT2D eigenvalue weighted by Gasteiger charge is 2.19. The minimum atomic E-state index is -0.824. The lowest BCUT2D eigenvalue weighted by Crippen LogP contribution is -2.27. The second kappa shape index (κ2) is 6.45. The van der Waals surface area contributed by atoms with Gasteiger partial charge in [-0.25, -0.2) is 4.39 Å². The van der Waals surface area contributed by atoms with Gasteiger partial charge >= 0.3 is 0 Å². The molecule has 0 aliphatic rings. The maximum atomic E-state index is 13.2. The van der Waals surface area contributed by atoms with Crippen LogP contribution in [0.4, 0.5) is 10.1 Å². The van der Waals surface area contributed by atoms with Gasteiger partial charge < -0.3 is 15.8 Å². The van der Waals surface area contributed by atoms with Gasteiger partial charge in [0.15, 0.2) is 0 Å². The summed E-state index contributed by atoms with van der Waals surface area (Å²) < 4.78 is 18.3. The zero-order valence-electron chi connectivity index (χ0n) is 11.3. The lowest BCUT2D eigenvalue weighted by atomic mass is 10.1. The number of hydrogen-bond donors (Lipinski definition) is 2. The first-order valence-corrected chi connectivity index (χ1v) is 6.54. The van der Waals surface area contributed by atoms with E-state index in [1.807, 2.05) is 0 Å². The Morgan fingerprint density at radius 2 is 2.10 bits per heavy atom. The maximum Gasteiger partial charge on any atom is 0.244 e. The van der Waals surface area contributed by atoms with Gasteiger partial charge in [0.25, 0.3) is 0 Å². The molecule has 4 nitrogen and oxygen atoms in total. The zero-order valence-corrected chi connectivity index (χ0v) is 12.0. The Morgan fingerprint density at radius 3 is 2.71 bits per heavy atom. The van der Waals surface area contributed by atoms with Crippen molar-refractivity contribution in [3.8, 4) is 5.75 Å². The van der Waals surface area contributed by atoms with E-state index in [4.69, 9.17) is 22.1 Å². The highest BCUT2D eigenvalue weighted by Crippen LogP contribution is 2.25. The highest BCUT2D eigenvalue weighted by molar-refractivity contribution is 6.30. The molecule has 0 bridgehead atoms. The summed E-state index contributed by atoms with van der Waals surface area (Å²) in [4.78, 5) is 11.6. The Hall–Kier alpha value is -2.27. The van der Waals surface area contributed by atoms with E-state index in [2.05, 4.69) is 5.32 Å². The predicted octanol–water partition coefficient (Wildman–Crippen LogP) is 3.13. The average molecular weight is 309 g/mol. The van der Waals surface area contributed by atoms with E-state index in [1.165, 1.54) is 18.2 Å². The van der Waals surface area contributed by atoms with Gasteiger partial charge in [-0.3, -0.25) is 4.79 Å². The van der Waals surface area contributed by atoms with E-state index in [0.717, 1.165) is 0 Å². The molecule has 0 spiro atoms. The molecule has 0 heterocycles. The van der Waals surface area contributed by atoms with Crippen molar-refractivity contribution in [2.75, 3.05) is 12.4 Å². The van der Waals surface area contributed by atoms with Crippen LogP contribution in [0.25, 0.3) is 0 Å². The fourth-order valence-corrected chi connectivity index (χ4v) is 2.08. The number of ether oxygens (including phenoxy) is 1. The summed E-state index contributed by atoms with van der Waals surface area (Å²) in [6.45, 7) is 0. The van der Waals surface area contributed by atoms with Gasteiger partial charge in [0.05, 0.1) is 12.1 Å². The van der Waals surface area contributed by atoms with Gasteiger partial charge in [-0.15, -0.1) is 0 Å². The molecule has 1 amide bonds. The standard InChI is InChI=1S/C15H14ClFN2O2/c1-21-11-4-2-3-10(8-11)19-14(15(18)20)9-5-6-13(17)12(16)7-9/h2-8,14,19H,1H3,(H2,18,20). The number of benzene rings is 2. The van der Waals surface area contributed by atoms with Crippen LogP contribution < -0.4 is 15.8 Å². The number of carbonyl (C=O) groups excluding carboxylic acids is 1. The van der Waals surface area contributed by atoms with Gasteiger partial charge in [-0.1, -0.05) is 23.7 Å². The normalized spacial score (nSPS) is 11.8. The van der Waals surface area contributed by atoms with Gasteiger partial charge in [-0.2, -0.15) is 0 Å². The lowest BCUT2D eigenvalue weighted by Gasteiger charge is -2.18. The van der Waals surface area contributed by atoms with Crippen LogP contribution in [0.3, 0.4) is 0 Å². The minimum Gasteiger partial charge on any atom is -0.497 e. The van der Waals surface area contributed by atoms with E-state index in [9.17, 15) is 9.18 Å². The Morgan fingerprint density at radius 1 is 1.33 bits per heavy atom. The van der Waals surface area contributed by atoms with Crippen LogP contribution in [0.2, 0.25) is 5.02 Å². The molecule has 0 fully saturated rings. The van der Waals surface area contributed by atoms with Crippen LogP contribution in [0.5, 0.6) is 5.75 Å². The van der Waals surface area contributed by atoms with Crippen LogP contribution in [0.15, 0.2) is 42.5 Å². The lowest BCUT2D eigenvalue weighted by molar-refractivity contribution is -0.118. The number of hydrogen-bond acceptors (Lipinski definition) is 3. The van der Waals surface area contributed by atoms with E-state index in [-0.39, 0.29) is 5.02 Å². The number of rotatable bonds is 5. The molecule has 21 heavy (non-hydrogen) atoms.